The topological polar surface area (TPSA) is 63.4 Å². The molecule has 0 bridgehead atoms. The van der Waals surface area contributed by atoms with Crippen molar-refractivity contribution in [1.29, 1.82) is 0 Å². The molecule has 2 aromatic heterocycles. The fraction of sp³-hybridized carbons (Fsp3) is 0.276. The molecule has 5 heteroatoms. The van der Waals surface area contributed by atoms with Crippen molar-refractivity contribution >= 4 is 22.7 Å². The molecule has 0 radical (unpaired) electrons. The van der Waals surface area contributed by atoms with E-state index in [1.165, 1.54) is 5.56 Å². The molecule has 0 saturated heterocycles. The standard InChI is InChI=1S/C29H28N2O3/c1-16-7-12-23(30-15-16)31-25(19-8-10-20(11-9-19)29(4,5)6)24-26(32)21-13-17(2)18(3)14-22(21)34-27(24)28(31)33/h7-15,25H,1-6H3. The van der Waals surface area contributed by atoms with E-state index in [9.17, 15) is 9.59 Å². The van der Waals surface area contributed by atoms with E-state index in [-0.39, 0.29) is 22.5 Å². The van der Waals surface area contributed by atoms with Crippen LogP contribution < -0.4 is 10.3 Å². The molecule has 0 N–H and O–H groups in total. The molecular formula is C29H28N2O3. The molecule has 3 heterocycles. The number of aryl methyl sites for hydroxylation is 3. The second-order valence-corrected chi connectivity index (χ2v) is 10.3. The quantitative estimate of drug-likeness (QED) is 0.365. The van der Waals surface area contributed by atoms with Crippen LogP contribution in [0.5, 0.6) is 0 Å². The maximum atomic E-state index is 13.8. The Hall–Kier alpha value is -3.73. The molecule has 34 heavy (non-hydrogen) atoms. The summed E-state index contributed by atoms with van der Waals surface area (Å²) in [4.78, 5) is 33.6. The number of anilines is 1. The van der Waals surface area contributed by atoms with E-state index in [0.29, 0.717) is 22.4 Å². The second-order valence-electron chi connectivity index (χ2n) is 10.3. The summed E-state index contributed by atoms with van der Waals surface area (Å²) in [5, 5.41) is 0.490. The van der Waals surface area contributed by atoms with Gasteiger partial charge in [-0.15, -0.1) is 0 Å². The molecule has 1 aliphatic heterocycles. The molecule has 1 atom stereocenters. The van der Waals surface area contributed by atoms with Gasteiger partial charge in [-0.25, -0.2) is 4.98 Å². The fourth-order valence-electron chi connectivity index (χ4n) is 4.55. The molecule has 1 unspecified atom stereocenters. The second kappa shape index (κ2) is 7.66. The molecule has 0 saturated carbocycles. The lowest BCUT2D eigenvalue weighted by Gasteiger charge is -2.25. The van der Waals surface area contributed by atoms with Gasteiger partial charge < -0.3 is 4.42 Å². The molecule has 2 aromatic carbocycles. The Bertz CT molecular complexity index is 1490. The van der Waals surface area contributed by atoms with Crippen molar-refractivity contribution in [2.24, 2.45) is 0 Å². The molecule has 5 nitrogen and oxygen atoms in total. The van der Waals surface area contributed by atoms with E-state index in [1.807, 2.05) is 57.2 Å². The first-order valence-corrected chi connectivity index (χ1v) is 11.5. The van der Waals surface area contributed by atoms with Crippen molar-refractivity contribution in [3.05, 3.63) is 104 Å². The van der Waals surface area contributed by atoms with Gasteiger partial charge in [0.15, 0.2) is 5.43 Å². The Balaban J connectivity index is 1.78. The first kappa shape index (κ1) is 22.1. The molecule has 5 rings (SSSR count). The highest BCUT2D eigenvalue weighted by molar-refractivity contribution is 6.10. The van der Waals surface area contributed by atoms with Crippen LogP contribution in [-0.4, -0.2) is 10.9 Å². The van der Waals surface area contributed by atoms with Gasteiger partial charge in [0.25, 0.3) is 5.91 Å². The molecule has 1 amide bonds. The highest BCUT2D eigenvalue weighted by atomic mass is 16.3. The number of fused-ring (bicyclic) bond motifs is 2. The van der Waals surface area contributed by atoms with Gasteiger partial charge in [0.2, 0.25) is 5.76 Å². The minimum absolute atomic E-state index is 0.00918. The SMILES string of the molecule is Cc1ccc(N2C(=O)c3oc4cc(C)c(C)cc4c(=O)c3C2c2ccc(C(C)(C)C)cc2)nc1. The van der Waals surface area contributed by atoms with Crippen molar-refractivity contribution in [3.8, 4) is 0 Å². The molecule has 0 aliphatic carbocycles. The predicted octanol–water partition coefficient (Wildman–Crippen LogP) is 6.16. The third kappa shape index (κ3) is 3.43. The van der Waals surface area contributed by atoms with Crippen LogP contribution in [0, 0.1) is 20.8 Å². The average molecular weight is 453 g/mol. The Morgan fingerprint density at radius 3 is 2.21 bits per heavy atom. The predicted molar refractivity (Wildman–Crippen MR) is 135 cm³/mol. The molecule has 0 spiro atoms. The normalized spacial score (nSPS) is 15.8. The molecule has 1 aliphatic rings. The number of carbonyl (C=O) groups is 1. The maximum absolute atomic E-state index is 13.8. The van der Waals surface area contributed by atoms with Gasteiger partial charge in [0.1, 0.15) is 11.4 Å². The van der Waals surface area contributed by atoms with Crippen LogP contribution in [0.1, 0.15) is 70.7 Å². The van der Waals surface area contributed by atoms with Crippen molar-refractivity contribution in [2.45, 2.75) is 53.0 Å². The maximum Gasteiger partial charge on any atom is 0.296 e. The van der Waals surface area contributed by atoms with E-state index in [4.69, 9.17) is 4.42 Å². The van der Waals surface area contributed by atoms with E-state index >= 15 is 0 Å². The lowest BCUT2D eigenvalue weighted by atomic mass is 9.86. The van der Waals surface area contributed by atoms with Gasteiger partial charge in [0, 0.05) is 6.20 Å². The largest absolute Gasteiger partial charge is 0.450 e. The Morgan fingerprint density at radius 1 is 0.912 bits per heavy atom. The number of hydrogen-bond donors (Lipinski definition) is 0. The number of hydrogen-bond acceptors (Lipinski definition) is 4. The minimum Gasteiger partial charge on any atom is -0.450 e. The zero-order valence-corrected chi connectivity index (χ0v) is 20.4. The van der Waals surface area contributed by atoms with Crippen LogP contribution in [0.4, 0.5) is 5.82 Å². The zero-order chi connectivity index (χ0) is 24.4. The summed E-state index contributed by atoms with van der Waals surface area (Å²) >= 11 is 0. The summed E-state index contributed by atoms with van der Waals surface area (Å²) in [5.74, 6) is 0.226. The van der Waals surface area contributed by atoms with E-state index in [1.54, 1.807) is 11.1 Å². The number of nitrogens with zero attached hydrogens (tertiary/aromatic N) is 2. The molecular weight excluding hydrogens is 424 g/mol. The van der Waals surface area contributed by atoms with Gasteiger partial charge >= 0.3 is 0 Å². The van der Waals surface area contributed by atoms with Crippen molar-refractivity contribution in [2.75, 3.05) is 4.90 Å². The number of aromatic nitrogens is 1. The number of benzene rings is 2. The first-order chi connectivity index (χ1) is 16.1. The smallest absolute Gasteiger partial charge is 0.296 e. The first-order valence-electron chi connectivity index (χ1n) is 11.5. The van der Waals surface area contributed by atoms with Crippen LogP contribution in [0.2, 0.25) is 0 Å². The van der Waals surface area contributed by atoms with Crippen molar-refractivity contribution in [3.63, 3.8) is 0 Å². The summed E-state index contributed by atoms with van der Waals surface area (Å²) in [6, 6.07) is 14.9. The van der Waals surface area contributed by atoms with E-state index in [2.05, 4.69) is 37.9 Å². The number of carbonyl (C=O) groups excluding carboxylic acids is 1. The number of pyridine rings is 1. The Kier molecular flexibility index (Phi) is 4.97. The molecule has 0 fully saturated rings. The average Bonchev–Trinajstić information content (AvgIpc) is 3.08. The Labute approximate surface area is 199 Å². The minimum atomic E-state index is -0.617. The third-order valence-corrected chi connectivity index (χ3v) is 6.72. The van der Waals surface area contributed by atoms with Crippen LogP contribution in [-0.2, 0) is 5.41 Å². The zero-order valence-electron chi connectivity index (χ0n) is 20.4. The van der Waals surface area contributed by atoms with Gasteiger partial charge in [0.05, 0.1) is 17.0 Å². The summed E-state index contributed by atoms with van der Waals surface area (Å²) in [6.45, 7) is 12.4. The van der Waals surface area contributed by atoms with Gasteiger partial charge in [-0.3, -0.25) is 14.5 Å². The lowest BCUT2D eigenvalue weighted by Crippen LogP contribution is -2.30. The van der Waals surface area contributed by atoms with Crippen molar-refractivity contribution in [1.82, 2.24) is 4.98 Å². The summed E-state index contributed by atoms with van der Waals surface area (Å²) in [5.41, 5.74) is 5.64. The highest BCUT2D eigenvalue weighted by Crippen LogP contribution is 2.41. The molecule has 172 valence electrons. The molecule has 4 aromatic rings. The van der Waals surface area contributed by atoms with Gasteiger partial charge in [-0.05, 0) is 72.2 Å². The van der Waals surface area contributed by atoms with Crippen LogP contribution in [0.25, 0.3) is 11.0 Å². The number of rotatable bonds is 2. The van der Waals surface area contributed by atoms with Gasteiger partial charge in [-0.1, -0.05) is 51.1 Å². The Morgan fingerprint density at radius 2 is 1.59 bits per heavy atom. The monoisotopic (exact) mass is 452 g/mol. The lowest BCUT2D eigenvalue weighted by molar-refractivity contribution is 0.0970. The highest BCUT2D eigenvalue weighted by Gasteiger charge is 2.44. The van der Waals surface area contributed by atoms with E-state index < -0.39 is 6.04 Å². The summed E-state index contributed by atoms with van der Waals surface area (Å²) in [6.07, 6.45) is 1.73. The van der Waals surface area contributed by atoms with Crippen LogP contribution in [0.15, 0.2) is 63.9 Å². The van der Waals surface area contributed by atoms with Gasteiger partial charge in [-0.2, -0.15) is 0 Å². The fourth-order valence-corrected chi connectivity index (χ4v) is 4.55. The van der Waals surface area contributed by atoms with Crippen LogP contribution in [0.3, 0.4) is 0 Å². The summed E-state index contributed by atoms with van der Waals surface area (Å²) < 4.78 is 6.12. The van der Waals surface area contributed by atoms with E-state index in [0.717, 1.165) is 22.3 Å². The van der Waals surface area contributed by atoms with Crippen molar-refractivity contribution < 1.29 is 9.21 Å². The summed E-state index contributed by atoms with van der Waals surface area (Å²) in [7, 11) is 0. The third-order valence-electron chi connectivity index (χ3n) is 6.72. The number of amides is 1. The van der Waals surface area contributed by atoms with Crippen LogP contribution >= 0.6 is 0 Å².